The largest absolute Gasteiger partial charge is 1.00 e. The van der Waals surface area contributed by atoms with Gasteiger partial charge in [0.1, 0.15) is 78.9 Å². The van der Waals surface area contributed by atoms with Crippen molar-refractivity contribution in [2.24, 2.45) is 35.5 Å². The van der Waals surface area contributed by atoms with Crippen LogP contribution in [0.2, 0.25) is 0 Å². The van der Waals surface area contributed by atoms with Crippen LogP contribution < -0.4 is 39.0 Å². The van der Waals surface area contributed by atoms with E-state index in [1.807, 2.05) is 0 Å². The van der Waals surface area contributed by atoms with Gasteiger partial charge in [-0.1, -0.05) is 86.6 Å². The van der Waals surface area contributed by atoms with E-state index in [1.54, 1.807) is 0 Å². The third-order valence-corrected chi connectivity index (χ3v) is 27.3. The molecule has 6 saturated carbocycles. The van der Waals surface area contributed by atoms with Crippen LogP contribution >= 0.6 is 0 Å². The van der Waals surface area contributed by atoms with E-state index >= 15 is 0 Å². The molecule has 0 amide bonds. The molecule has 6 aromatic rings. The molecule has 4 heterocycles. The van der Waals surface area contributed by atoms with Crippen LogP contribution in [-0.2, 0) is 99.2 Å². The van der Waals surface area contributed by atoms with Crippen LogP contribution in [0, 0.1) is 63.2 Å². The number of esters is 6. The van der Waals surface area contributed by atoms with Crippen molar-refractivity contribution in [2.45, 2.75) is 222 Å². The second-order valence-corrected chi connectivity index (χ2v) is 36.3. The number of rotatable bonds is 22. The molecule has 4 aliphatic heterocycles. The van der Waals surface area contributed by atoms with Crippen molar-refractivity contribution >= 4 is 77.8 Å². The van der Waals surface area contributed by atoms with Crippen LogP contribution in [0.15, 0.2) is 175 Å². The summed E-state index contributed by atoms with van der Waals surface area (Å²) in [4.78, 5) is 79.4. The first-order chi connectivity index (χ1) is 50.7. The predicted molar refractivity (Wildman–Crippen MR) is 395 cm³/mol. The first-order valence-corrected chi connectivity index (χ1v) is 42.5. The van der Waals surface area contributed by atoms with Crippen molar-refractivity contribution in [2.75, 3.05) is 24.7 Å². The summed E-state index contributed by atoms with van der Waals surface area (Å²) >= 11 is 0. The van der Waals surface area contributed by atoms with E-state index in [1.165, 1.54) is 29.4 Å². The summed E-state index contributed by atoms with van der Waals surface area (Å²) < 4.78 is 108. The summed E-state index contributed by atoms with van der Waals surface area (Å²) in [6, 6.07) is 51.2. The number of carbonyl (C=O) groups excluding carboxylic acids is 6. The minimum Gasteiger partial charge on any atom is -0.748 e. The van der Waals surface area contributed by atoms with Crippen molar-refractivity contribution in [3.8, 4) is 11.5 Å². The molecule has 25 heteroatoms. The van der Waals surface area contributed by atoms with Gasteiger partial charge in [-0.3, -0.25) is 19.2 Å². The molecule has 6 aromatic carbocycles. The fourth-order valence-corrected chi connectivity index (χ4v) is 22.2. The van der Waals surface area contributed by atoms with Gasteiger partial charge in [-0.2, -0.15) is 0 Å². The molecule has 0 radical (unpaired) electrons. The van der Waals surface area contributed by atoms with Gasteiger partial charge in [0.25, 0.3) is 0 Å². The zero-order chi connectivity index (χ0) is 75.5. The van der Waals surface area contributed by atoms with Crippen LogP contribution in [0.4, 0.5) is 0 Å². The summed E-state index contributed by atoms with van der Waals surface area (Å²) in [5.74, 6) is -3.43. The molecule has 0 aromatic heterocycles. The smallest absolute Gasteiger partial charge is 0.748 e. The summed E-state index contributed by atoms with van der Waals surface area (Å²) in [6.45, 7) is 12.3. The van der Waals surface area contributed by atoms with Gasteiger partial charge in [0.15, 0.2) is 42.6 Å². The van der Waals surface area contributed by atoms with Crippen LogP contribution in [0.1, 0.15) is 152 Å². The Bertz CT molecular complexity index is 3910. The van der Waals surface area contributed by atoms with E-state index < -0.39 is 68.1 Å². The zero-order valence-electron chi connectivity index (χ0n) is 62.0. The van der Waals surface area contributed by atoms with E-state index in [4.69, 9.17) is 37.9 Å². The van der Waals surface area contributed by atoms with Crippen LogP contribution in [0.3, 0.4) is 0 Å². The number of fused-ring (bicyclic) bond motifs is 2. The van der Waals surface area contributed by atoms with E-state index in [0.717, 1.165) is 124 Å². The molecule has 568 valence electrons. The minimum atomic E-state index is -4.65. The van der Waals surface area contributed by atoms with Crippen molar-refractivity contribution in [1.82, 2.24) is 0 Å². The van der Waals surface area contributed by atoms with Crippen LogP contribution in [0.5, 0.6) is 11.5 Å². The molecule has 10 aliphatic rings. The number of aryl methyl sites for hydroxylation is 4. The first kappa shape index (κ1) is 82.7. The summed E-state index contributed by atoms with van der Waals surface area (Å²) in [7, 11) is -9.73. The molecule has 10 unspecified atom stereocenters. The Morgan fingerprint density at radius 2 is 0.738 bits per heavy atom. The van der Waals surface area contributed by atoms with Gasteiger partial charge in [0.2, 0.25) is 0 Å². The monoisotopic (exact) mass is 1550 g/mol. The molecule has 4 saturated heterocycles. The Morgan fingerprint density at radius 3 is 1.02 bits per heavy atom. The number of hydrogen-bond donors (Lipinski definition) is 0. The maximum atomic E-state index is 12.6. The molecule has 20 nitrogen and oxygen atoms in total. The second-order valence-electron chi connectivity index (χ2n) is 29.4. The van der Waals surface area contributed by atoms with E-state index in [2.05, 4.69) is 187 Å². The molecule has 10 atom stereocenters. The Hall–Kier alpha value is -6.74. The fourth-order valence-electron chi connectivity index (χ4n) is 17.0. The Balaban J connectivity index is 0.000000156. The van der Waals surface area contributed by atoms with E-state index in [9.17, 15) is 54.7 Å². The van der Waals surface area contributed by atoms with Crippen molar-refractivity contribution in [3.05, 3.63) is 168 Å². The van der Waals surface area contributed by atoms with Crippen molar-refractivity contribution < 1.29 is 122 Å². The third-order valence-electron chi connectivity index (χ3n) is 21.7. The molecule has 107 heavy (non-hydrogen) atoms. The quantitative estimate of drug-likeness (QED) is 0.0201. The molecule has 0 N–H and O–H groups in total. The van der Waals surface area contributed by atoms with Gasteiger partial charge < -0.3 is 47.0 Å². The third kappa shape index (κ3) is 21.9. The molecule has 8 bridgehead atoms. The van der Waals surface area contributed by atoms with E-state index in [-0.39, 0.29) is 123 Å². The average Bonchev–Trinajstić information content (AvgIpc) is 1.73. The number of carbonyl (C=O) groups is 6. The van der Waals surface area contributed by atoms with Gasteiger partial charge in [0.05, 0.1) is 33.6 Å². The van der Waals surface area contributed by atoms with E-state index in [0.29, 0.717) is 37.5 Å². The number of hydrogen-bond acceptors (Lipinski definition) is 20. The Kier molecular flexibility index (Phi) is 28.5. The Labute approximate surface area is 656 Å². The van der Waals surface area contributed by atoms with Crippen LogP contribution in [-0.4, -0.2) is 122 Å². The minimum absolute atomic E-state index is 0. The summed E-state index contributed by atoms with van der Waals surface area (Å²) in [6.07, 6.45) is 13.7. The number of ether oxygens (including phenoxy) is 8. The predicted octanol–water partition coefficient (Wildman–Crippen LogP) is 10.7. The first-order valence-electron chi connectivity index (χ1n) is 36.9. The molecule has 6 aliphatic carbocycles. The van der Waals surface area contributed by atoms with Gasteiger partial charge >= 0.3 is 65.4 Å². The van der Waals surface area contributed by atoms with Crippen molar-refractivity contribution in [3.63, 3.8) is 0 Å². The fraction of sp³-hybridized carbons (Fsp3) is 0.488. The summed E-state index contributed by atoms with van der Waals surface area (Å²) in [5.41, 5.74) is 3.57. The zero-order valence-corrected chi connectivity index (χ0v) is 67.3. The summed E-state index contributed by atoms with van der Waals surface area (Å²) in [5, 5.41) is 0. The second kappa shape index (κ2) is 36.9. The average molecular weight is 1550 g/mol. The van der Waals surface area contributed by atoms with Gasteiger partial charge in [0, 0.05) is 36.1 Å². The molecule has 0 spiro atoms. The standard InChI is InChI=1S/2C29H33O3S.2C12H16O7S.Na/c2*1-4-29(17-11-12-18-29)32-27(30)21-31-28-22(2)19-26(20-23(28)3)33(24-13-7-5-8-14-24)25-15-9-6-10-16-25;2*13-10(5-20(15,16)17)19-11-7-1-6-2-8(4-7)12(14)18-9(11)3-6;/h2*5-10,13-16,19-20H,4,11-12,17-18,21H2,1-3H3;2*6-9,11H,1-5H2,(H,15,16,17);/q2*+1;;;+1/p-2. The molecule has 16 rings (SSSR count). The number of benzene rings is 6. The van der Waals surface area contributed by atoms with Crippen molar-refractivity contribution in [1.29, 1.82) is 0 Å². The van der Waals surface area contributed by atoms with Gasteiger partial charge in [-0.15, -0.1) is 0 Å². The maximum absolute atomic E-state index is 12.6. The van der Waals surface area contributed by atoms with Gasteiger partial charge in [-0.05, 0) is 226 Å². The molecular formula is C82H96NaO20S4+. The van der Waals surface area contributed by atoms with Gasteiger partial charge in [-0.25, -0.2) is 26.4 Å². The Morgan fingerprint density at radius 1 is 0.439 bits per heavy atom. The SMILES string of the molecule is CCC1(OC(=O)COc2c(C)cc([S+](c3ccccc3)c3ccccc3)cc2C)CCCC1.CCC1(OC(=O)COc2c(C)cc([S+](c3ccccc3)c3ccccc3)cc2C)CCCC1.O=C(CS(=O)(=O)[O-])OC1C2CC3CC(C2)C(=O)OC1C3.O=C(CS(=O)(=O)[O-])OC1C2CC3CC(C2)C(=O)OC1C3.[Na+]. The normalized spacial score (nSPS) is 23.9. The van der Waals surface area contributed by atoms with Crippen LogP contribution in [0.25, 0.3) is 0 Å². The topological polar surface area (TPSA) is 291 Å². The maximum Gasteiger partial charge on any atom is 1.00 e. The molecular weight excluding hydrogens is 1460 g/mol. The molecule has 10 fully saturated rings.